The molecule has 8 heteroatoms. The van der Waals surface area contributed by atoms with Crippen LogP contribution < -0.4 is 5.32 Å². The molecule has 0 radical (unpaired) electrons. The minimum Gasteiger partial charge on any atom is -0.460 e. The van der Waals surface area contributed by atoms with E-state index in [1.807, 2.05) is 0 Å². The fourth-order valence-corrected chi connectivity index (χ4v) is 1.31. The van der Waals surface area contributed by atoms with E-state index in [2.05, 4.69) is 20.5 Å². The minimum absolute atomic E-state index is 0.0697. The van der Waals surface area contributed by atoms with Gasteiger partial charge in [-0.15, -0.1) is 5.10 Å². The number of aromatic amines is 1. The molecule has 0 aliphatic carbocycles. The van der Waals surface area contributed by atoms with Gasteiger partial charge in [0.05, 0.1) is 12.6 Å². The van der Waals surface area contributed by atoms with Gasteiger partial charge in [0.15, 0.2) is 0 Å². The molecule has 20 heavy (non-hydrogen) atoms. The number of nitrogens with zero attached hydrogens (tertiary/aromatic N) is 2. The van der Waals surface area contributed by atoms with Gasteiger partial charge in [0, 0.05) is 0 Å². The van der Waals surface area contributed by atoms with Crippen molar-refractivity contribution in [3.8, 4) is 0 Å². The number of H-pyrrole nitrogens is 1. The maximum Gasteiger partial charge on any atom is 0.408 e. The average Bonchev–Trinajstić information content (AvgIpc) is 2.75. The molecule has 1 aromatic heterocycles. The summed E-state index contributed by atoms with van der Waals surface area (Å²) < 4.78 is 9.89. The SMILES string of the molecule is CCOC(=O)c1n[nH]c([C@H](C)NC(=O)OC(C)(C)C)n1. The van der Waals surface area contributed by atoms with Gasteiger partial charge in [0.25, 0.3) is 5.82 Å². The quantitative estimate of drug-likeness (QED) is 0.813. The van der Waals surface area contributed by atoms with Crippen LogP contribution in [0.4, 0.5) is 4.79 Å². The Kier molecular flexibility index (Phi) is 5.06. The van der Waals surface area contributed by atoms with Crippen LogP contribution >= 0.6 is 0 Å². The average molecular weight is 284 g/mol. The number of hydrogen-bond donors (Lipinski definition) is 2. The molecule has 0 fully saturated rings. The predicted molar refractivity (Wildman–Crippen MR) is 70.1 cm³/mol. The van der Waals surface area contributed by atoms with E-state index < -0.39 is 23.7 Å². The molecule has 0 aromatic carbocycles. The second-order valence-corrected chi connectivity index (χ2v) is 5.13. The van der Waals surface area contributed by atoms with Crippen molar-refractivity contribution >= 4 is 12.1 Å². The maximum atomic E-state index is 11.6. The number of esters is 1. The summed E-state index contributed by atoms with van der Waals surface area (Å²) in [7, 11) is 0. The Morgan fingerprint density at radius 2 is 2.05 bits per heavy atom. The van der Waals surface area contributed by atoms with E-state index in [-0.39, 0.29) is 12.4 Å². The summed E-state index contributed by atoms with van der Waals surface area (Å²) in [6, 6.07) is -0.472. The number of hydrogen-bond acceptors (Lipinski definition) is 6. The molecule has 2 N–H and O–H groups in total. The van der Waals surface area contributed by atoms with Crippen LogP contribution in [0.1, 0.15) is 57.1 Å². The molecule has 1 atom stereocenters. The third-order valence-corrected chi connectivity index (χ3v) is 2.10. The lowest BCUT2D eigenvalue weighted by atomic mass is 10.2. The summed E-state index contributed by atoms with van der Waals surface area (Å²) in [5.41, 5.74) is -0.582. The van der Waals surface area contributed by atoms with Gasteiger partial charge in [-0.25, -0.2) is 14.6 Å². The largest absolute Gasteiger partial charge is 0.460 e. The molecule has 112 valence electrons. The number of carbonyl (C=O) groups is 2. The Labute approximate surface area is 117 Å². The lowest BCUT2D eigenvalue weighted by Crippen LogP contribution is -2.34. The first kappa shape index (κ1) is 15.9. The number of nitrogens with one attached hydrogen (secondary N) is 2. The summed E-state index contributed by atoms with van der Waals surface area (Å²) in [5, 5.41) is 8.91. The van der Waals surface area contributed by atoms with Crippen molar-refractivity contribution < 1.29 is 19.1 Å². The molecular formula is C12H20N4O4. The summed E-state index contributed by atoms with van der Waals surface area (Å²) in [4.78, 5) is 27.0. The van der Waals surface area contributed by atoms with E-state index in [0.29, 0.717) is 5.82 Å². The van der Waals surface area contributed by atoms with Crippen LogP contribution in [0, 0.1) is 0 Å². The van der Waals surface area contributed by atoms with E-state index in [0.717, 1.165) is 0 Å². The minimum atomic E-state index is -0.612. The van der Waals surface area contributed by atoms with Crippen molar-refractivity contribution in [2.75, 3.05) is 6.61 Å². The van der Waals surface area contributed by atoms with Crippen LogP contribution in [-0.4, -0.2) is 39.5 Å². The zero-order chi connectivity index (χ0) is 15.3. The fourth-order valence-electron chi connectivity index (χ4n) is 1.31. The lowest BCUT2D eigenvalue weighted by molar-refractivity contribution is 0.0502. The number of alkyl carbamates (subject to hydrolysis) is 1. The van der Waals surface area contributed by atoms with E-state index in [1.54, 1.807) is 34.6 Å². The summed E-state index contributed by atoms with van der Waals surface area (Å²) >= 11 is 0. The van der Waals surface area contributed by atoms with Crippen molar-refractivity contribution in [3.05, 3.63) is 11.6 Å². The predicted octanol–water partition coefficient (Wildman–Crippen LogP) is 1.57. The van der Waals surface area contributed by atoms with Gasteiger partial charge in [-0.05, 0) is 34.6 Å². The van der Waals surface area contributed by atoms with E-state index >= 15 is 0 Å². The first-order valence-electron chi connectivity index (χ1n) is 6.32. The number of rotatable bonds is 4. The number of amides is 1. The van der Waals surface area contributed by atoms with Gasteiger partial charge >= 0.3 is 12.1 Å². The van der Waals surface area contributed by atoms with E-state index in [4.69, 9.17) is 9.47 Å². The van der Waals surface area contributed by atoms with Crippen molar-refractivity contribution in [2.45, 2.75) is 46.3 Å². The van der Waals surface area contributed by atoms with Crippen LogP contribution in [0.15, 0.2) is 0 Å². The zero-order valence-corrected chi connectivity index (χ0v) is 12.3. The standard InChI is InChI=1S/C12H20N4O4/c1-6-19-10(17)9-14-8(15-16-9)7(2)13-11(18)20-12(3,4)5/h7H,6H2,1-5H3,(H,13,18)(H,14,15,16)/t7-/m0/s1. The molecule has 1 heterocycles. The Balaban J connectivity index is 2.62. The highest BCUT2D eigenvalue weighted by Crippen LogP contribution is 2.11. The Morgan fingerprint density at radius 1 is 1.40 bits per heavy atom. The number of aromatic nitrogens is 3. The summed E-state index contributed by atoms with van der Waals surface area (Å²) in [6.45, 7) is 8.94. The highest BCUT2D eigenvalue weighted by molar-refractivity contribution is 5.84. The highest BCUT2D eigenvalue weighted by Gasteiger charge is 2.21. The first-order chi connectivity index (χ1) is 9.23. The molecule has 0 aliphatic rings. The van der Waals surface area contributed by atoms with Gasteiger partial charge in [-0.3, -0.25) is 5.10 Å². The van der Waals surface area contributed by atoms with Crippen LogP contribution in [0.25, 0.3) is 0 Å². The lowest BCUT2D eigenvalue weighted by Gasteiger charge is -2.21. The Hall–Kier alpha value is -2.12. The number of carbonyl (C=O) groups excluding carboxylic acids is 2. The second-order valence-electron chi connectivity index (χ2n) is 5.13. The van der Waals surface area contributed by atoms with Crippen molar-refractivity contribution in [1.82, 2.24) is 20.5 Å². The molecule has 0 bridgehead atoms. The molecule has 0 saturated heterocycles. The molecule has 8 nitrogen and oxygen atoms in total. The molecular weight excluding hydrogens is 264 g/mol. The van der Waals surface area contributed by atoms with Crippen molar-refractivity contribution in [2.24, 2.45) is 0 Å². The second kappa shape index (κ2) is 6.36. The van der Waals surface area contributed by atoms with E-state index in [1.165, 1.54) is 0 Å². The van der Waals surface area contributed by atoms with Crippen molar-refractivity contribution in [3.63, 3.8) is 0 Å². The molecule has 1 aromatic rings. The topological polar surface area (TPSA) is 106 Å². The maximum absolute atomic E-state index is 11.6. The first-order valence-corrected chi connectivity index (χ1v) is 6.32. The van der Waals surface area contributed by atoms with Gasteiger partial charge in [-0.2, -0.15) is 0 Å². The zero-order valence-electron chi connectivity index (χ0n) is 12.3. The van der Waals surface area contributed by atoms with Crippen LogP contribution in [-0.2, 0) is 9.47 Å². The molecule has 1 rings (SSSR count). The fraction of sp³-hybridized carbons (Fsp3) is 0.667. The monoisotopic (exact) mass is 284 g/mol. The third-order valence-electron chi connectivity index (χ3n) is 2.10. The smallest absolute Gasteiger partial charge is 0.408 e. The molecule has 0 saturated carbocycles. The Morgan fingerprint density at radius 3 is 2.60 bits per heavy atom. The van der Waals surface area contributed by atoms with Gasteiger partial charge < -0.3 is 14.8 Å². The van der Waals surface area contributed by atoms with Gasteiger partial charge in [-0.1, -0.05) is 0 Å². The third kappa shape index (κ3) is 4.87. The summed E-state index contributed by atoms with van der Waals surface area (Å²) in [5.74, 6) is -0.335. The van der Waals surface area contributed by atoms with Crippen LogP contribution in [0.3, 0.4) is 0 Å². The molecule has 0 aliphatic heterocycles. The number of ether oxygens (including phenoxy) is 2. The highest BCUT2D eigenvalue weighted by atomic mass is 16.6. The Bertz CT molecular complexity index is 478. The van der Waals surface area contributed by atoms with Gasteiger partial charge in [0.2, 0.25) is 0 Å². The summed E-state index contributed by atoms with van der Waals surface area (Å²) in [6.07, 6.45) is -0.570. The molecule has 1 amide bonds. The molecule has 0 unspecified atom stereocenters. The van der Waals surface area contributed by atoms with Crippen LogP contribution in [0.5, 0.6) is 0 Å². The molecule has 0 spiro atoms. The van der Waals surface area contributed by atoms with E-state index in [9.17, 15) is 9.59 Å². The van der Waals surface area contributed by atoms with Gasteiger partial charge in [0.1, 0.15) is 11.4 Å². The van der Waals surface area contributed by atoms with Crippen LogP contribution in [0.2, 0.25) is 0 Å². The normalized spacial score (nSPS) is 12.7. The van der Waals surface area contributed by atoms with Crippen molar-refractivity contribution in [1.29, 1.82) is 0 Å².